The first kappa shape index (κ1) is 11.4. The number of urea groups is 1. The number of nitrogens with one attached hydrogen (secondary N) is 1. The fraction of sp³-hybridized carbons (Fsp3) is 0.400. The van der Waals surface area contributed by atoms with E-state index >= 15 is 0 Å². The first-order chi connectivity index (χ1) is 7.56. The normalized spacial score (nSPS) is 21.1. The average molecular weight is 259 g/mol. The van der Waals surface area contributed by atoms with Crippen LogP contribution in [0.25, 0.3) is 0 Å². The van der Waals surface area contributed by atoms with E-state index in [9.17, 15) is 9.59 Å². The SMILES string of the molecule is CC1CN(Cc2ccc(Cl)s2)C(=O)NC1=O. The molecule has 0 aliphatic carbocycles. The lowest BCUT2D eigenvalue weighted by Gasteiger charge is -2.29. The van der Waals surface area contributed by atoms with Gasteiger partial charge in [0.15, 0.2) is 0 Å². The highest BCUT2D eigenvalue weighted by molar-refractivity contribution is 7.16. The zero-order chi connectivity index (χ0) is 11.7. The molecule has 1 aliphatic heterocycles. The zero-order valence-corrected chi connectivity index (χ0v) is 10.3. The van der Waals surface area contributed by atoms with Crippen LogP contribution >= 0.6 is 22.9 Å². The lowest BCUT2D eigenvalue weighted by atomic mass is 10.1. The van der Waals surface area contributed by atoms with E-state index in [4.69, 9.17) is 11.6 Å². The molecular weight excluding hydrogens is 248 g/mol. The Balaban J connectivity index is 2.04. The number of rotatable bonds is 2. The predicted molar refractivity (Wildman–Crippen MR) is 62.4 cm³/mol. The first-order valence-electron chi connectivity index (χ1n) is 4.90. The molecule has 16 heavy (non-hydrogen) atoms. The smallest absolute Gasteiger partial charge is 0.319 e. The number of hydrogen-bond acceptors (Lipinski definition) is 3. The van der Waals surface area contributed by atoms with Gasteiger partial charge in [0.1, 0.15) is 0 Å². The van der Waals surface area contributed by atoms with Crippen molar-refractivity contribution in [2.75, 3.05) is 6.54 Å². The van der Waals surface area contributed by atoms with Crippen molar-refractivity contribution >= 4 is 34.9 Å². The Bertz CT molecular complexity index is 432. The van der Waals surface area contributed by atoms with Crippen LogP contribution in [0.2, 0.25) is 4.34 Å². The summed E-state index contributed by atoms with van der Waals surface area (Å²) in [6, 6.07) is 3.37. The molecule has 1 atom stereocenters. The molecule has 1 fully saturated rings. The Hall–Kier alpha value is -1.07. The second kappa shape index (κ2) is 4.43. The van der Waals surface area contributed by atoms with Gasteiger partial charge in [-0.15, -0.1) is 11.3 Å². The number of hydrogen-bond donors (Lipinski definition) is 1. The second-order valence-electron chi connectivity index (χ2n) is 3.78. The Labute approximate surface area is 102 Å². The van der Waals surface area contributed by atoms with Crippen LogP contribution in [0.5, 0.6) is 0 Å². The summed E-state index contributed by atoms with van der Waals surface area (Å²) >= 11 is 7.26. The Morgan fingerprint density at radius 2 is 2.31 bits per heavy atom. The highest BCUT2D eigenvalue weighted by Crippen LogP contribution is 2.23. The fourth-order valence-corrected chi connectivity index (χ4v) is 2.67. The van der Waals surface area contributed by atoms with E-state index in [2.05, 4.69) is 5.32 Å². The first-order valence-corrected chi connectivity index (χ1v) is 6.09. The molecule has 1 N–H and O–H groups in total. The molecule has 0 bridgehead atoms. The highest BCUT2D eigenvalue weighted by Gasteiger charge is 2.29. The predicted octanol–water partition coefficient (Wildman–Crippen LogP) is 2.09. The van der Waals surface area contributed by atoms with Gasteiger partial charge in [-0.2, -0.15) is 0 Å². The molecule has 0 spiro atoms. The Morgan fingerprint density at radius 1 is 1.56 bits per heavy atom. The van der Waals surface area contributed by atoms with Gasteiger partial charge in [0, 0.05) is 11.4 Å². The van der Waals surface area contributed by atoms with Gasteiger partial charge in [-0.05, 0) is 12.1 Å². The van der Waals surface area contributed by atoms with E-state index in [0.29, 0.717) is 17.4 Å². The third-order valence-corrected chi connectivity index (χ3v) is 3.65. The molecule has 2 heterocycles. The lowest BCUT2D eigenvalue weighted by molar-refractivity contribution is -0.125. The number of amides is 3. The van der Waals surface area contributed by atoms with E-state index in [-0.39, 0.29) is 17.9 Å². The third-order valence-electron chi connectivity index (χ3n) is 2.43. The largest absolute Gasteiger partial charge is 0.324 e. The van der Waals surface area contributed by atoms with Crippen LogP contribution < -0.4 is 5.32 Å². The number of carbonyl (C=O) groups excluding carboxylic acids is 2. The molecule has 1 saturated heterocycles. The van der Waals surface area contributed by atoms with E-state index < -0.39 is 0 Å². The van der Waals surface area contributed by atoms with Crippen LogP contribution in [0.4, 0.5) is 4.79 Å². The maximum atomic E-state index is 11.5. The topological polar surface area (TPSA) is 49.4 Å². The number of imide groups is 1. The van der Waals surface area contributed by atoms with Gasteiger partial charge in [0.2, 0.25) is 5.91 Å². The van der Waals surface area contributed by atoms with E-state index in [0.717, 1.165) is 4.88 Å². The molecule has 1 aromatic rings. The summed E-state index contributed by atoms with van der Waals surface area (Å²) in [6.45, 7) is 2.76. The van der Waals surface area contributed by atoms with Crippen LogP contribution in [-0.4, -0.2) is 23.4 Å². The summed E-state index contributed by atoms with van der Waals surface area (Å²) in [7, 11) is 0. The van der Waals surface area contributed by atoms with E-state index in [1.165, 1.54) is 11.3 Å². The van der Waals surface area contributed by atoms with E-state index in [1.807, 2.05) is 6.07 Å². The number of halogens is 1. The number of nitrogens with zero attached hydrogens (tertiary/aromatic N) is 1. The number of carbonyl (C=O) groups is 2. The maximum Gasteiger partial charge on any atom is 0.324 e. The molecule has 2 rings (SSSR count). The van der Waals surface area contributed by atoms with Crippen molar-refractivity contribution in [2.24, 2.45) is 5.92 Å². The minimum absolute atomic E-state index is 0.159. The van der Waals surface area contributed by atoms with Crippen LogP contribution in [0.1, 0.15) is 11.8 Å². The molecule has 1 aliphatic rings. The number of thiophene rings is 1. The quantitative estimate of drug-likeness (QED) is 0.883. The van der Waals surface area contributed by atoms with Crippen molar-refractivity contribution < 1.29 is 9.59 Å². The summed E-state index contributed by atoms with van der Waals surface area (Å²) in [6.07, 6.45) is 0. The van der Waals surface area contributed by atoms with Crippen molar-refractivity contribution in [1.82, 2.24) is 10.2 Å². The van der Waals surface area contributed by atoms with Gasteiger partial charge in [-0.1, -0.05) is 18.5 Å². The van der Waals surface area contributed by atoms with Crippen LogP contribution in [0.15, 0.2) is 12.1 Å². The van der Waals surface area contributed by atoms with Gasteiger partial charge < -0.3 is 4.90 Å². The Kier molecular flexibility index (Phi) is 3.16. The van der Waals surface area contributed by atoms with Gasteiger partial charge >= 0.3 is 6.03 Å². The van der Waals surface area contributed by atoms with Gasteiger partial charge in [0.25, 0.3) is 0 Å². The van der Waals surface area contributed by atoms with Crippen LogP contribution in [0.3, 0.4) is 0 Å². The Morgan fingerprint density at radius 3 is 2.94 bits per heavy atom. The molecule has 0 radical (unpaired) electrons. The monoisotopic (exact) mass is 258 g/mol. The third kappa shape index (κ3) is 2.36. The van der Waals surface area contributed by atoms with Crippen molar-refractivity contribution in [2.45, 2.75) is 13.5 Å². The summed E-state index contributed by atoms with van der Waals surface area (Å²) in [5, 5.41) is 2.33. The molecule has 4 nitrogen and oxygen atoms in total. The van der Waals surface area contributed by atoms with Crippen LogP contribution in [0, 0.1) is 5.92 Å². The summed E-state index contributed by atoms with van der Waals surface area (Å²) in [5.41, 5.74) is 0. The van der Waals surface area contributed by atoms with Gasteiger partial charge in [-0.3, -0.25) is 10.1 Å². The van der Waals surface area contributed by atoms with Crippen molar-refractivity contribution in [1.29, 1.82) is 0 Å². The average Bonchev–Trinajstić information content (AvgIpc) is 2.60. The highest BCUT2D eigenvalue weighted by atomic mass is 35.5. The second-order valence-corrected chi connectivity index (χ2v) is 5.58. The molecular formula is C10H11ClN2O2S. The summed E-state index contributed by atoms with van der Waals surface area (Å²) < 4.78 is 0.705. The standard InChI is InChI=1S/C10H11ClN2O2S/c1-6-4-13(10(15)12-9(6)14)5-7-2-3-8(11)16-7/h2-3,6H,4-5H2,1H3,(H,12,14,15). The van der Waals surface area contributed by atoms with E-state index in [1.54, 1.807) is 17.9 Å². The fourth-order valence-electron chi connectivity index (χ4n) is 1.57. The maximum absolute atomic E-state index is 11.5. The molecule has 1 unspecified atom stereocenters. The minimum atomic E-state index is -0.326. The van der Waals surface area contributed by atoms with Crippen molar-refractivity contribution in [3.63, 3.8) is 0 Å². The zero-order valence-electron chi connectivity index (χ0n) is 8.70. The van der Waals surface area contributed by atoms with Crippen molar-refractivity contribution in [3.8, 4) is 0 Å². The molecule has 1 aromatic heterocycles. The summed E-state index contributed by atoms with van der Waals surface area (Å²) in [4.78, 5) is 25.4. The van der Waals surface area contributed by atoms with Gasteiger partial charge in [0.05, 0.1) is 16.8 Å². The molecule has 0 saturated carbocycles. The minimum Gasteiger partial charge on any atom is -0.319 e. The lowest BCUT2D eigenvalue weighted by Crippen LogP contribution is -2.53. The molecule has 86 valence electrons. The molecule has 3 amide bonds. The van der Waals surface area contributed by atoms with Crippen molar-refractivity contribution in [3.05, 3.63) is 21.3 Å². The van der Waals surface area contributed by atoms with Gasteiger partial charge in [-0.25, -0.2) is 4.79 Å². The van der Waals surface area contributed by atoms with Crippen LogP contribution in [-0.2, 0) is 11.3 Å². The molecule has 6 heteroatoms. The molecule has 0 aromatic carbocycles. The summed E-state index contributed by atoms with van der Waals surface area (Å²) in [5.74, 6) is -0.362.